The number of nitrogens with two attached hydrogens (primary N) is 1. The summed E-state index contributed by atoms with van der Waals surface area (Å²) in [5.41, 5.74) is 3.99. The molecule has 2 rings (SSSR count). The monoisotopic (exact) mass is 286 g/mol. The number of ether oxygens (including phenoxy) is 1. The van der Waals surface area contributed by atoms with Crippen molar-refractivity contribution in [1.29, 1.82) is 0 Å². The maximum Gasteiger partial charge on any atom is 0.254 e. The smallest absolute Gasteiger partial charge is 0.254 e. The first-order valence-corrected chi connectivity index (χ1v) is 6.45. The summed E-state index contributed by atoms with van der Waals surface area (Å²) in [5.74, 6) is 6.45. The number of nitrogens with one attached hydrogen (secondary N) is 1. The first-order chi connectivity index (χ1) is 10.1. The number of nitrogens with zero attached hydrogens (tertiary/aromatic N) is 2. The molecule has 2 aromatic rings. The van der Waals surface area contributed by atoms with Crippen molar-refractivity contribution in [2.45, 2.75) is 6.54 Å². The van der Waals surface area contributed by atoms with Crippen molar-refractivity contribution in [1.82, 2.24) is 9.88 Å². The highest BCUT2D eigenvalue weighted by molar-refractivity contribution is 5.94. The Morgan fingerprint density at radius 2 is 2.05 bits per heavy atom. The summed E-state index contributed by atoms with van der Waals surface area (Å²) < 4.78 is 5.11. The average molecular weight is 286 g/mol. The number of hydrogen-bond donors (Lipinski definition) is 2. The number of hydrogen-bond acceptors (Lipinski definition) is 5. The molecule has 0 radical (unpaired) electrons. The zero-order valence-electron chi connectivity index (χ0n) is 12.0. The molecule has 0 unspecified atom stereocenters. The molecule has 0 atom stereocenters. The molecule has 3 N–H and O–H groups in total. The van der Waals surface area contributed by atoms with Gasteiger partial charge in [-0.2, -0.15) is 0 Å². The molecule has 0 saturated heterocycles. The fourth-order valence-corrected chi connectivity index (χ4v) is 1.94. The Labute approximate surface area is 123 Å². The molecule has 1 heterocycles. The van der Waals surface area contributed by atoms with E-state index in [1.807, 2.05) is 24.3 Å². The van der Waals surface area contributed by atoms with Crippen molar-refractivity contribution < 1.29 is 9.53 Å². The van der Waals surface area contributed by atoms with Crippen LogP contribution in [0.2, 0.25) is 0 Å². The molecule has 0 aliphatic rings. The number of rotatable bonds is 5. The summed E-state index contributed by atoms with van der Waals surface area (Å²) in [6.07, 6.45) is 1.55. The third-order valence-corrected chi connectivity index (χ3v) is 3.08. The van der Waals surface area contributed by atoms with Crippen LogP contribution in [0.25, 0.3) is 0 Å². The molecule has 1 amide bonds. The fourth-order valence-electron chi connectivity index (χ4n) is 1.94. The largest absolute Gasteiger partial charge is 0.497 e. The van der Waals surface area contributed by atoms with Crippen molar-refractivity contribution in [3.05, 3.63) is 53.7 Å². The van der Waals surface area contributed by atoms with Gasteiger partial charge in [0.15, 0.2) is 0 Å². The minimum absolute atomic E-state index is 0.0929. The second-order valence-electron chi connectivity index (χ2n) is 4.58. The quantitative estimate of drug-likeness (QED) is 0.645. The van der Waals surface area contributed by atoms with Gasteiger partial charge < -0.3 is 15.1 Å². The van der Waals surface area contributed by atoms with E-state index in [4.69, 9.17) is 10.6 Å². The SMILES string of the molecule is COc1ccc(CN(C)C(=O)c2ccnc(NN)c2)cc1. The van der Waals surface area contributed by atoms with Gasteiger partial charge in [0.1, 0.15) is 11.6 Å². The zero-order chi connectivity index (χ0) is 15.2. The summed E-state index contributed by atoms with van der Waals surface area (Å²) in [4.78, 5) is 18.0. The van der Waals surface area contributed by atoms with E-state index in [2.05, 4.69) is 10.4 Å². The van der Waals surface area contributed by atoms with E-state index in [0.29, 0.717) is 17.9 Å². The topological polar surface area (TPSA) is 80.5 Å². The Morgan fingerprint density at radius 1 is 1.33 bits per heavy atom. The number of benzene rings is 1. The van der Waals surface area contributed by atoms with Crippen molar-refractivity contribution in [2.24, 2.45) is 5.84 Å². The molecule has 0 saturated carbocycles. The van der Waals surface area contributed by atoms with E-state index in [-0.39, 0.29) is 5.91 Å². The molecule has 0 aliphatic heterocycles. The number of aromatic nitrogens is 1. The van der Waals surface area contributed by atoms with Gasteiger partial charge in [0.25, 0.3) is 5.91 Å². The van der Waals surface area contributed by atoms with Crippen LogP contribution in [0.15, 0.2) is 42.6 Å². The molecular formula is C15H18N4O2. The lowest BCUT2D eigenvalue weighted by Crippen LogP contribution is -2.26. The highest BCUT2D eigenvalue weighted by atomic mass is 16.5. The Balaban J connectivity index is 2.07. The molecule has 21 heavy (non-hydrogen) atoms. The van der Waals surface area contributed by atoms with Crippen LogP contribution in [0, 0.1) is 0 Å². The van der Waals surface area contributed by atoms with Crippen molar-refractivity contribution in [3.63, 3.8) is 0 Å². The Bertz CT molecular complexity index is 613. The van der Waals surface area contributed by atoms with Crippen LogP contribution in [0.1, 0.15) is 15.9 Å². The molecule has 1 aromatic heterocycles. The van der Waals surface area contributed by atoms with Crippen molar-refractivity contribution in [3.8, 4) is 5.75 Å². The van der Waals surface area contributed by atoms with Crippen LogP contribution < -0.4 is 16.0 Å². The van der Waals surface area contributed by atoms with Crippen LogP contribution in [0.4, 0.5) is 5.82 Å². The van der Waals surface area contributed by atoms with Gasteiger partial charge in [0.05, 0.1) is 7.11 Å². The number of amides is 1. The number of carbonyl (C=O) groups excluding carboxylic acids is 1. The van der Waals surface area contributed by atoms with Gasteiger partial charge >= 0.3 is 0 Å². The second kappa shape index (κ2) is 6.71. The fraction of sp³-hybridized carbons (Fsp3) is 0.200. The van der Waals surface area contributed by atoms with E-state index in [1.165, 1.54) is 0 Å². The lowest BCUT2D eigenvalue weighted by Gasteiger charge is -2.17. The third-order valence-electron chi connectivity index (χ3n) is 3.08. The van der Waals surface area contributed by atoms with E-state index >= 15 is 0 Å². The van der Waals surface area contributed by atoms with Crippen LogP contribution in [0.5, 0.6) is 5.75 Å². The van der Waals surface area contributed by atoms with Gasteiger partial charge in [-0.05, 0) is 29.8 Å². The van der Waals surface area contributed by atoms with Gasteiger partial charge in [-0.25, -0.2) is 10.8 Å². The molecule has 110 valence electrons. The Morgan fingerprint density at radius 3 is 2.67 bits per heavy atom. The number of methoxy groups -OCH3 is 1. The first-order valence-electron chi connectivity index (χ1n) is 6.45. The molecule has 0 aliphatic carbocycles. The number of anilines is 1. The van der Waals surface area contributed by atoms with E-state index in [9.17, 15) is 4.79 Å². The van der Waals surface area contributed by atoms with E-state index in [0.717, 1.165) is 11.3 Å². The predicted octanol–water partition coefficient (Wildman–Crippen LogP) is 1.65. The zero-order valence-corrected chi connectivity index (χ0v) is 12.0. The molecular weight excluding hydrogens is 268 g/mol. The standard InChI is InChI=1S/C15H18N4O2/c1-19(10-11-3-5-13(21-2)6-4-11)15(20)12-7-8-17-14(9-12)18-16/h3-9H,10,16H2,1-2H3,(H,17,18). The maximum atomic E-state index is 12.3. The number of hydrazine groups is 1. The number of carbonyl (C=O) groups is 1. The van der Waals surface area contributed by atoms with E-state index in [1.54, 1.807) is 37.4 Å². The van der Waals surface area contributed by atoms with E-state index < -0.39 is 0 Å². The van der Waals surface area contributed by atoms with Gasteiger partial charge in [-0.3, -0.25) is 4.79 Å². The lowest BCUT2D eigenvalue weighted by molar-refractivity contribution is 0.0785. The highest BCUT2D eigenvalue weighted by Gasteiger charge is 2.12. The van der Waals surface area contributed by atoms with Crippen LogP contribution in [-0.4, -0.2) is 29.9 Å². The molecule has 0 fully saturated rings. The average Bonchev–Trinajstić information content (AvgIpc) is 2.54. The first kappa shape index (κ1) is 14.8. The molecule has 6 nitrogen and oxygen atoms in total. The van der Waals surface area contributed by atoms with Crippen LogP contribution >= 0.6 is 0 Å². The summed E-state index contributed by atoms with van der Waals surface area (Å²) in [7, 11) is 3.37. The molecule has 0 bridgehead atoms. The van der Waals surface area contributed by atoms with Crippen LogP contribution in [0.3, 0.4) is 0 Å². The molecule has 0 spiro atoms. The normalized spacial score (nSPS) is 10.0. The predicted molar refractivity (Wildman–Crippen MR) is 80.8 cm³/mol. The number of pyridine rings is 1. The maximum absolute atomic E-state index is 12.3. The second-order valence-corrected chi connectivity index (χ2v) is 4.58. The third kappa shape index (κ3) is 3.70. The molecule has 1 aromatic carbocycles. The highest BCUT2D eigenvalue weighted by Crippen LogP contribution is 2.14. The van der Waals surface area contributed by atoms with Gasteiger partial charge in [-0.1, -0.05) is 12.1 Å². The lowest BCUT2D eigenvalue weighted by atomic mass is 10.2. The van der Waals surface area contributed by atoms with Crippen LogP contribution in [-0.2, 0) is 6.54 Å². The van der Waals surface area contributed by atoms with Gasteiger partial charge in [0, 0.05) is 25.4 Å². The van der Waals surface area contributed by atoms with Gasteiger partial charge in [0.2, 0.25) is 0 Å². The number of nitrogen functional groups attached to an aromatic ring is 1. The Kier molecular flexibility index (Phi) is 4.73. The molecule has 6 heteroatoms. The minimum atomic E-state index is -0.0929. The van der Waals surface area contributed by atoms with Gasteiger partial charge in [-0.15, -0.1) is 0 Å². The van der Waals surface area contributed by atoms with Crippen molar-refractivity contribution >= 4 is 11.7 Å². The van der Waals surface area contributed by atoms with Crippen molar-refractivity contribution in [2.75, 3.05) is 19.6 Å². The summed E-state index contributed by atoms with van der Waals surface area (Å²) in [6, 6.07) is 10.9. The minimum Gasteiger partial charge on any atom is -0.497 e. The summed E-state index contributed by atoms with van der Waals surface area (Å²) in [6.45, 7) is 0.510. The summed E-state index contributed by atoms with van der Waals surface area (Å²) >= 11 is 0. The summed E-state index contributed by atoms with van der Waals surface area (Å²) in [5, 5.41) is 0. The Hall–Kier alpha value is -2.60.